The van der Waals surface area contributed by atoms with Gasteiger partial charge in [-0.05, 0) is 31.8 Å². The van der Waals surface area contributed by atoms with Crippen LogP contribution in [0.15, 0.2) is 12.4 Å². The molecule has 1 fully saturated rings. The van der Waals surface area contributed by atoms with Gasteiger partial charge in [0.2, 0.25) is 0 Å². The highest BCUT2D eigenvalue weighted by Gasteiger charge is 2.15. The molecule has 0 aliphatic carbocycles. The summed E-state index contributed by atoms with van der Waals surface area (Å²) in [6.07, 6.45) is 3.95. The van der Waals surface area contributed by atoms with E-state index in [-0.39, 0.29) is 0 Å². The van der Waals surface area contributed by atoms with Crippen LogP contribution < -0.4 is 10.6 Å². The molecule has 4 nitrogen and oxygen atoms in total. The van der Waals surface area contributed by atoms with E-state index in [1.165, 1.54) is 6.42 Å². The Morgan fingerprint density at radius 2 is 2.50 bits per heavy atom. The molecule has 0 saturated carbocycles. The van der Waals surface area contributed by atoms with Crippen LogP contribution in [0.4, 0.5) is 5.82 Å². The van der Waals surface area contributed by atoms with Crippen LogP contribution in [0.1, 0.15) is 12.1 Å². The fourth-order valence-electron chi connectivity index (χ4n) is 1.83. The number of hydrogen-bond acceptors (Lipinski definition) is 4. The number of nitrogens with one attached hydrogen (secondary N) is 2. The lowest BCUT2D eigenvalue weighted by Gasteiger charge is -2.07. The molecule has 0 spiro atoms. The van der Waals surface area contributed by atoms with Crippen LogP contribution in [0.25, 0.3) is 0 Å². The second kappa shape index (κ2) is 4.37. The van der Waals surface area contributed by atoms with Crippen molar-refractivity contribution in [2.45, 2.75) is 12.8 Å². The van der Waals surface area contributed by atoms with Gasteiger partial charge in [-0.1, -0.05) is 0 Å². The molecule has 2 N–H and O–H groups in total. The van der Waals surface area contributed by atoms with Gasteiger partial charge < -0.3 is 10.6 Å². The Morgan fingerprint density at radius 1 is 1.57 bits per heavy atom. The van der Waals surface area contributed by atoms with Crippen LogP contribution in [-0.4, -0.2) is 30.1 Å². The van der Waals surface area contributed by atoms with Crippen molar-refractivity contribution in [2.75, 3.05) is 25.5 Å². The summed E-state index contributed by atoms with van der Waals surface area (Å²) in [5, 5.41) is 6.39. The third-order valence-corrected chi connectivity index (χ3v) is 2.64. The summed E-state index contributed by atoms with van der Waals surface area (Å²) in [6, 6.07) is 2.03. The van der Waals surface area contributed by atoms with Crippen molar-refractivity contribution in [3.05, 3.63) is 18.1 Å². The Labute approximate surface area is 84.2 Å². The zero-order valence-corrected chi connectivity index (χ0v) is 8.45. The van der Waals surface area contributed by atoms with Crippen molar-refractivity contribution in [2.24, 2.45) is 5.92 Å². The zero-order valence-electron chi connectivity index (χ0n) is 8.45. The number of nitrogens with zero attached hydrogens (tertiary/aromatic N) is 2. The SMILES string of the molecule is CNc1cc(C[C@@H]2CCNC2)ncn1. The van der Waals surface area contributed by atoms with Gasteiger partial charge in [-0.2, -0.15) is 0 Å². The first kappa shape index (κ1) is 9.40. The molecule has 1 aromatic rings. The minimum atomic E-state index is 0.745. The second-order valence-electron chi connectivity index (χ2n) is 3.71. The van der Waals surface area contributed by atoms with Gasteiger partial charge in [0.05, 0.1) is 0 Å². The van der Waals surface area contributed by atoms with Crippen molar-refractivity contribution in [3.8, 4) is 0 Å². The third kappa shape index (κ3) is 2.20. The minimum absolute atomic E-state index is 0.745. The van der Waals surface area contributed by atoms with E-state index >= 15 is 0 Å². The van der Waals surface area contributed by atoms with E-state index in [2.05, 4.69) is 20.6 Å². The van der Waals surface area contributed by atoms with Gasteiger partial charge in [-0.15, -0.1) is 0 Å². The molecule has 0 bridgehead atoms. The molecule has 1 atom stereocenters. The molecule has 14 heavy (non-hydrogen) atoms. The van der Waals surface area contributed by atoms with E-state index < -0.39 is 0 Å². The summed E-state index contributed by atoms with van der Waals surface area (Å²) in [6.45, 7) is 2.27. The fraction of sp³-hybridized carbons (Fsp3) is 0.600. The van der Waals surface area contributed by atoms with Crippen LogP contribution in [-0.2, 0) is 6.42 Å². The number of hydrogen-bond donors (Lipinski definition) is 2. The molecular weight excluding hydrogens is 176 g/mol. The second-order valence-corrected chi connectivity index (χ2v) is 3.71. The first-order chi connectivity index (χ1) is 6.88. The summed E-state index contributed by atoms with van der Waals surface area (Å²) >= 11 is 0. The maximum absolute atomic E-state index is 4.27. The standard InChI is InChI=1S/C10H16N4/c1-11-10-5-9(13-7-14-10)4-8-2-3-12-6-8/h5,7-8,12H,2-4,6H2,1H3,(H,11,13,14)/t8-/m0/s1. The third-order valence-electron chi connectivity index (χ3n) is 2.64. The van der Waals surface area contributed by atoms with Gasteiger partial charge >= 0.3 is 0 Å². The number of anilines is 1. The van der Waals surface area contributed by atoms with Crippen molar-refractivity contribution >= 4 is 5.82 Å². The Hall–Kier alpha value is -1.16. The van der Waals surface area contributed by atoms with Crippen molar-refractivity contribution in [3.63, 3.8) is 0 Å². The van der Waals surface area contributed by atoms with Gasteiger partial charge in [0, 0.05) is 18.8 Å². The maximum atomic E-state index is 4.27. The summed E-state index contributed by atoms with van der Waals surface area (Å²) in [5.74, 6) is 1.65. The molecule has 76 valence electrons. The summed E-state index contributed by atoms with van der Waals surface area (Å²) in [7, 11) is 1.88. The van der Waals surface area contributed by atoms with Crippen LogP contribution >= 0.6 is 0 Å². The summed E-state index contributed by atoms with van der Waals surface area (Å²) < 4.78 is 0. The molecule has 1 aliphatic rings. The van der Waals surface area contributed by atoms with Crippen molar-refractivity contribution in [1.29, 1.82) is 0 Å². The van der Waals surface area contributed by atoms with E-state index in [1.54, 1.807) is 6.33 Å². The van der Waals surface area contributed by atoms with Gasteiger partial charge in [0.25, 0.3) is 0 Å². The topological polar surface area (TPSA) is 49.8 Å². The Kier molecular flexibility index (Phi) is 2.93. The van der Waals surface area contributed by atoms with Crippen LogP contribution in [0, 0.1) is 5.92 Å². The van der Waals surface area contributed by atoms with Gasteiger partial charge in [-0.3, -0.25) is 0 Å². The highest BCUT2D eigenvalue weighted by atomic mass is 15.0. The molecule has 1 aromatic heterocycles. The molecule has 2 rings (SSSR count). The first-order valence-corrected chi connectivity index (χ1v) is 5.08. The molecule has 1 aliphatic heterocycles. The van der Waals surface area contributed by atoms with Gasteiger partial charge in [0.15, 0.2) is 0 Å². The zero-order chi connectivity index (χ0) is 9.80. The van der Waals surface area contributed by atoms with Crippen molar-refractivity contribution < 1.29 is 0 Å². The maximum Gasteiger partial charge on any atom is 0.129 e. The van der Waals surface area contributed by atoms with Crippen LogP contribution in [0.3, 0.4) is 0 Å². The lowest BCUT2D eigenvalue weighted by atomic mass is 10.0. The normalized spacial score (nSPS) is 21.1. The molecule has 2 heterocycles. The Balaban J connectivity index is 2.00. The summed E-state index contributed by atoms with van der Waals surface area (Å²) in [5.41, 5.74) is 1.14. The summed E-state index contributed by atoms with van der Waals surface area (Å²) in [4.78, 5) is 8.37. The molecule has 4 heteroatoms. The van der Waals surface area contributed by atoms with Gasteiger partial charge in [-0.25, -0.2) is 9.97 Å². The predicted octanol–water partition coefficient (Wildman–Crippen LogP) is 0.670. The largest absolute Gasteiger partial charge is 0.373 e. The van der Waals surface area contributed by atoms with E-state index in [1.807, 2.05) is 13.1 Å². The Bertz CT molecular complexity index is 294. The average Bonchev–Trinajstić information content (AvgIpc) is 2.71. The van der Waals surface area contributed by atoms with E-state index in [0.717, 1.165) is 36.9 Å². The van der Waals surface area contributed by atoms with Gasteiger partial charge in [0.1, 0.15) is 12.1 Å². The smallest absolute Gasteiger partial charge is 0.129 e. The Morgan fingerprint density at radius 3 is 3.21 bits per heavy atom. The number of rotatable bonds is 3. The van der Waals surface area contributed by atoms with Crippen LogP contribution in [0.5, 0.6) is 0 Å². The molecule has 0 unspecified atom stereocenters. The fourth-order valence-corrected chi connectivity index (χ4v) is 1.83. The van der Waals surface area contributed by atoms with E-state index in [4.69, 9.17) is 0 Å². The predicted molar refractivity (Wildman–Crippen MR) is 56.3 cm³/mol. The molecule has 1 saturated heterocycles. The highest BCUT2D eigenvalue weighted by Crippen LogP contribution is 2.14. The van der Waals surface area contributed by atoms with E-state index in [0.29, 0.717) is 0 Å². The molecule has 0 amide bonds. The molecular formula is C10H16N4. The minimum Gasteiger partial charge on any atom is -0.373 e. The average molecular weight is 192 g/mol. The number of aromatic nitrogens is 2. The van der Waals surface area contributed by atoms with Crippen LogP contribution in [0.2, 0.25) is 0 Å². The first-order valence-electron chi connectivity index (χ1n) is 5.08. The van der Waals surface area contributed by atoms with E-state index in [9.17, 15) is 0 Å². The molecule has 0 aromatic carbocycles. The monoisotopic (exact) mass is 192 g/mol. The lowest BCUT2D eigenvalue weighted by Crippen LogP contribution is -2.11. The lowest BCUT2D eigenvalue weighted by molar-refractivity contribution is 0.571. The quantitative estimate of drug-likeness (QED) is 0.739. The highest BCUT2D eigenvalue weighted by molar-refractivity contribution is 5.33. The molecule has 0 radical (unpaired) electrons. The van der Waals surface area contributed by atoms with Crippen molar-refractivity contribution in [1.82, 2.24) is 15.3 Å².